The number of methoxy groups -OCH3 is 1. The molecule has 0 spiro atoms. The van der Waals surface area contributed by atoms with Crippen LogP contribution in [0.4, 0.5) is 0 Å². The van der Waals surface area contributed by atoms with E-state index in [2.05, 4.69) is 6.07 Å². The van der Waals surface area contributed by atoms with Gasteiger partial charge in [0.25, 0.3) is 0 Å². The Morgan fingerprint density at radius 3 is 2.86 bits per heavy atom. The predicted molar refractivity (Wildman–Crippen MR) is 57.6 cm³/mol. The number of ether oxygens (including phenoxy) is 1. The number of aliphatic hydroxyl groups is 1. The zero-order chi connectivity index (χ0) is 10.0. The standard InChI is InChI=1S/C11H16O2S/c1-13-11(5-3-6-11)10(12)8-9-4-2-7-14-9/h2,4,7,10,12H,3,5-6,8H2,1H3. The minimum Gasteiger partial charge on any atom is -0.390 e. The monoisotopic (exact) mass is 212 g/mol. The van der Waals surface area contributed by atoms with E-state index >= 15 is 0 Å². The first-order valence-corrected chi connectivity index (χ1v) is 5.90. The second kappa shape index (κ2) is 4.01. The maximum atomic E-state index is 10.1. The molecule has 1 atom stereocenters. The fourth-order valence-electron chi connectivity index (χ4n) is 2.00. The van der Waals surface area contributed by atoms with Crippen LogP contribution in [-0.4, -0.2) is 23.9 Å². The molecule has 1 saturated carbocycles. The maximum absolute atomic E-state index is 10.1. The van der Waals surface area contributed by atoms with Crippen LogP contribution in [0.2, 0.25) is 0 Å². The van der Waals surface area contributed by atoms with Crippen LogP contribution in [0.3, 0.4) is 0 Å². The van der Waals surface area contributed by atoms with E-state index in [1.807, 2.05) is 11.4 Å². The third-order valence-electron chi connectivity index (χ3n) is 3.19. The van der Waals surface area contributed by atoms with E-state index in [9.17, 15) is 5.11 Å². The number of aliphatic hydroxyl groups excluding tert-OH is 1. The summed E-state index contributed by atoms with van der Waals surface area (Å²) in [5, 5.41) is 12.1. The smallest absolute Gasteiger partial charge is 0.0940 e. The van der Waals surface area contributed by atoms with Crippen LogP contribution in [0.25, 0.3) is 0 Å². The zero-order valence-electron chi connectivity index (χ0n) is 8.40. The van der Waals surface area contributed by atoms with Gasteiger partial charge in [0.2, 0.25) is 0 Å². The second-order valence-corrected chi connectivity index (χ2v) is 4.95. The lowest BCUT2D eigenvalue weighted by molar-refractivity contribution is -0.148. The Morgan fingerprint density at radius 2 is 2.43 bits per heavy atom. The Hall–Kier alpha value is -0.380. The summed E-state index contributed by atoms with van der Waals surface area (Å²) < 4.78 is 5.44. The molecule has 0 aromatic carbocycles. The zero-order valence-corrected chi connectivity index (χ0v) is 9.22. The van der Waals surface area contributed by atoms with Gasteiger partial charge in [-0.25, -0.2) is 0 Å². The van der Waals surface area contributed by atoms with Gasteiger partial charge in [-0.15, -0.1) is 11.3 Å². The molecule has 1 unspecified atom stereocenters. The summed E-state index contributed by atoms with van der Waals surface area (Å²) in [7, 11) is 1.71. The van der Waals surface area contributed by atoms with Gasteiger partial charge in [0.05, 0.1) is 11.7 Å². The molecule has 0 radical (unpaired) electrons. The average Bonchev–Trinajstić information content (AvgIpc) is 2.55. The summed E-state index contributed by atoms with van der Waals surface area (Å²) >= 11 is 1.70. The molecule has 0 saturated heterocycles. The van der Waals surface area contributed by atoms with Gasteiger partial charge in [-0.3, -0.25) is 0 Å². The molecular weight excluding hydrogens is 196 g/mol. The highest BCUT2D eigenvalue weighted by molar-refractivity contribution is 7.09. The second-order valence-electron chi connectivity index (χ2n) is 3.92. The summed E-state index contributed by atoms with van der Waals surface area (Å²) in [6.45, 7) is 0. The highest BCUT2D eigenvalue weighted by Gasteiger charge is 2.43. The summed E-state index contributed by atoms with van der Waals surface area (Å²) in [6.07, 6.45) is 3.55. The first-order valence-electron chi connectivity index (χ1n) is 5.02. The van der Waals surface area contributed by atoms with Crippen molar-refractivity contribution >= 4 is 11.3 Å². The van der Waals surface area contributed by atoms with Gasteiger partial charge in [-0.1, -0.05) is 6.07 Å². The largest absolute Gasteiger partial charge is 0.390 e. The van der Waals surface area contributed by atoms with Crippen molar-refractivity contribution in [1.82, 2.24) is 0 Å². The molecule has 1 N–H and O–H groups in total. The molecule has 2 rings (SSSR count). The Balaban J connectivity index is 1.98. The van der Waals surface area contributed by atoms with Crippen LogP contribution < -0.4 is 0 Å². The van der Waals surface area contributed by atoms with E-state index in [4.69, 9.17) is 4.74 Å². The molecule has 1 aromatic rings. The molecule has 1 aliphatic rings. The van der Waals surface area contributed by atoms with Crippen LogP contribution in [0.15, 0.2) is 17.5 Å². The molecule has 1 fully saturated rings. The van der Waals surface area contributed by atoms with Crippen molar-refractivity contribution in [2.75, 3.05) is 7.11 Å². The third kappa shape index (κ3) is 1.72. The molecule has 1 heterocycles. The molecule has 0 amide bonds. The third-order valence-corrected chi connectivity index (χ3v) is 4.09. The van der Waals surface area contributed by atoms with E-state index in [0.717, 1.165) is 19.3 Å². The predicted octanol–water partition coefficient (Wildman–Crippen LogP) is 2.22. The Kier molecular flexibility index (Phi) is 2.91. The SMILES string of the molecule is COC1(C(O)Cc2cccs2)CCC1. The number of thiophene rings is 1. The van der Waals surface area contributed by atoms with Crippen molar-refractivity contribution in [2.45, 2.75) is 37.4 Å². The van der Waals surface area contributed by atoms with Crippen LogP contribution in [0, 0.1) is 0 Å². The van der Waals surface area contributed by atoms with Gasteiger partial charge in [0.15, 0.2) is 0 Å². The molecule has 0 bridgehead atoms. The van der Waals surface area contributed by atoms with E-state index < -0.39 is 0 Å². The minimum absolute atomic E-state index is 0.246. The van der Waals surface area contributed by atoms with Gasteiger partial charge < -0.3 is 9.84 Å². The van der Waals surface area contributed by atoms with Crippen molar-refractivity contribution in [3.05, 3.63) is 22.4 Å². The van der Waals surface area contributed by atoms with Crippen LogP contribution in [0.5, 0.6) is 0 Å². The summed E-state index contributed by atoms with van der Waals surface area (Å²) in [6, 6.07) is 4.09. The van der Waals surface area contributed by atoms with Gasteiger partial charge in [0, 0.05) is 18.4 Å². The number of hydrogen-bond donors (Lipinski definition) is 1. The quantitative estimate of drug-likeness (QED) is 0.829. The lowest BCUT2D eigenvalue weighted by Gasteiger charge is -2.44. The normalized spacial score (nSPS) is 21.6. The fourth-order valence-corrected chi connectivity index (χ4v) is 2.75. The minimum atomic E-state index is -0.347. The molecule has 2 nitrogen and oxygen atoms in total. The first kappa shape index (κ1) is 10.1. The summed E-state index contributed by atoms with van der Waals surface area (Å²) in [5.41, 5.74) is -0.246. The Bertz CT molecular complexity index is 272. The molecular formula is C11H16O2S. The lowest BCUT2D eigenvalue weighted by Crippen LogP contribution is -2.50. The fraction of sp³-hybridized carbons (Fsp3) is 0.636. The molecule has 78 valence electrons. The van der Waals surface area contributed by atoms with Gasteiger partial charge in [-0.05, 0) is 30.7 Å². The molecule has 3 heteroatoms. The first-order chi connectivity index (χ1) is 6.77. The van der Waals surface area contributed by atoms with Crippen LogP contribution >= 0.6 is 11.3 Å². The highest BCUT2D eigenvalue weighted by atomic mass is 32.1. The van der Waals surface area contributed by atoms with Crippen molar-refractivity contribution < 1.29 is 9.84 Å². The maximum Gasteiger partial charge on any atom is 0.0940 e. The van der Waals surface area contributed by atoms with Gasteiger partial charge in [0.1, 0.15) is 0 Å². The summed E-state index contributed by atoms with van der Waals surface area (Å²) in [5.74, 6) is 0. The highest BCUT2D eigenvalue weighted by Crippen LogP contribution is 2.39. The van der Waals surface area contributed by atoms with E-state index in [0.29, 0.717) is 0 Å². The average molecular weight is 212 g/mol. The van der Waals surface area contributed by atoms with E-state index in [1.54, 1.807) is 18.4 Å². The summed E-state index contributed by atoms with van der Waals surface area (Å²) in [4.78, 5) is 1.24. The van der Waals surface area contributed by atoms with Crippen molar-refractivity contribution in [1.29, 1.82) is 0 Å². The van der Waals surface area contributed by atoms with Crippen molar-refractivity contribution in [3.63, 3.8) is 0 Å². The van der Waals surface area contributed by atoms with Crippen LogP contribution in [0.1, 0.15) is 24.1 Å². The number of hydrogen-bond acceptors (Lipinski definition) is 3. The van der Waals surface area contributed by atoms with Gasteiger partial charge >= 0.3 is 0 Å². The molecule has 0 aliphatic heterocycles. The topological polar surface area (TPSA) is 29.5 Å². The lowest BCUT2D eigenvalue weighted by atomic mass is 9.74. The molecule has 14 heavy (non-hydrogen) atoms. The van der Waals surface area contributed by atoms with Gasteiger partial charge in [-0.2, -0.15) is 0 Å². The Morgan fingerprint density at radius 1 is 1.64 bits per heavy atom. The number of rotatable bonds is 4. The van der Waals surface area contributed by atoms with Crippen molar-refractivity contribution in [2.24, 2.45) is 0 Å². The molecule has 1 aliphatic carbocycles. The van der Waals surface area contributed by atoms with Crippen molar-refractivity contribution in [3.8, 4) is 0 Å². The van der Waals surface area contributed by atoms with E-state index in [1.165, 1.54) is 11.3 Å². The Labute approximate surface area is 88.5 Å². The van der Waals surface area contributed by atoms with Crippen LogP contribution in [-0.2, 0) is 11.2 Å². The molecule has 1 aromatic heterocycles. The van der Waals surface area contributed by atoms with E-state index in [-0.39, 0.29) is 11.7 Å².